The van der Waals surface area contributed by atoms with Crippen molar-refractivity contribution in [3.63, 3.8) is 0 Å². The molecule has 0 atom stereocenters. The summed E-state index contributed by atoms with van der Waals surface area (Å²) in [6.45, 7) is 0.0268. The summed E-state index contributed by atoms with van der Waals surface area (Å²) in [6.07, 6.45) is 0. The lowest BCUT2D eigenvalue weighted by molar-refractivity contribution is 0.182. The Labute approximate surface area is 191 Å². The molecule has 5 aromatic rings. The van der Waals surface area contributed by atoms with Gasteiger partial charge in [-0.2, -0.15) is 9.78 Å². The standard InChI is InChI=1S/C23H16ClN5O4/c1-31-11-15-19(22-27-20-16(32-2)8-13(24)9-17(20)33-22)23(30)29-21(26-15)18(14(10-25)28-29)12-6-4-3-5-7-12/h3-9,28H,11H2,1-2H3. The molecule has 0 saturated carbocycles. The molecule has 0 amide bonds. The normalized spacial score (nSPS) is 11.2. The van der Waals surface area contributed by atoms with E-state index in [0.29, 0.717) is 38.8 Å². The number of nitriles is 1. The van der Waals surface area contributed by atoms with Crippen LogP contribution in [0.5, 0.6) is 5.75 Å². The van der Waals surface area contributed by atoms with Gasteiger partial charge in [0.1, 0.15) is 23.1 Å². The van der Waals surface area contributed by atoms with Gasteiger partial charge in [-0.1, -0.05) is 41.9 Å². The SMILES string of the molecule is COCc1nc2c(-c3ccccc3)c(C#N)[nH]n2c(=O)c1-c1nc2c(OC)cc(Cl)cc2o1. The molecule has 10 heteroatoms. The number of aromatic amines is 1. The number of aromatic nitrogens is 4. The molecular formula is C23H16ClN5O4. The summed E-state index contributed by atoms with van der Waals surface area (Å²) in [7, 11) is 2.99. The Morgan fingerprint density at radius 2 is 1.97 bits per heavy atom. The summed E-state index contributed by atoms with van der Waals surface area (Å²) >= 11 is 6.14. The molecule has 0 aliphatic carbocycles. The first-order valence-corrected chi connectivity index (χ1v) is 10.2. The Balaban J connectivity index is 1.83. The third-order valence-corrected chi connectivity index (χ3v) is 5.39. The summed E-state index contributed by atoms with van der Waals surface area (Å²) in [5.41, 5.74) is 2.49. The molecule has 0 spiro atoms. The molecule has 5 rings (SSSR count). The van der Waals surface area contributed by atoms with Crippen molar-refractivity contribution in [2.75, 3.05) is 14.2 Å². The minimum absolute atomic E-state index is 0.0268. The van der Waals surface area contributed by atoms with E-state index in [9.17, 15) is 10.1 Å². The quantitative estimate of drug-likeness (QED) is 0.417. The summed E-state index contributed by atoms with van der Waals surface area (Å²) in [5.74, 6) is 0.451. The smallest absolute Gasteiger partial charge is 0.285 e. The van der Waals surface area contributed by atoms with Crippen LogP contribution in [-0.2, 0) is 11.3 Å². The van der Waals surface area contributed by atoms with Gasteiger partial charge in [-0.3, -0.25) is 9.89 Å². The molecule has 33 heavy (non-hydrogen) atoms. The van der Waals surface area contributed by atoms with Crippen molar-refractivity contribution < 1.29 is 13.9 Å². The second-order valence-electron chi connectivity index (χ2n) is 7.14. The number of halogens is 1. The number of hydrogen-bond donors (Lipinski definition) is 1. The van der Waals surface area contributed by atoms with Gasteiger partial charge in [-0.05, 0) is 5.56 Å². The minimum atomic E-state index is -0.484. The van der Waals surface area contributed by atoms with Crippen LogP contribution in [0.1, 0.15) is 11.4 Å². The third-order valence-electron chi connectivity index (χ3n) is 5.17. The van der Waals surface area contributed by atoms with Crippen molar-refractivity contribution in [2.45, 2.75) is 6.61 Å². The van der Waals surface area contributed by atoms with Crippen molar-refractivity contribution in [1.82, 2.24) is 19.6 Å². The average molecular weight is 462 g/mol. The lowest BCUT2D eigenvalue weighted by Gasteiger charge is -2.06. The predicted molar refractivity (Wildman–Crippen MR) is 121 cm³/mol. The van der Waals surface area contributed by atoms with Gasteiger partial charge in [0, 0.05) is 24.3 Å². The fourth-order valence-electron chi connectivity index (χ4n) is 3.76. The van der Waals surface area contributed by atoms with Gasteiger partial charge in [0.2, 0.25) is 5.89 Å². The van der Waals surface area contributed by atoms with Crippen LogP contribution in [0.2, 0.25) is 5.02 Å². The first-order chi connectivity index (χ1) is 16.0. The van der Waals surface area contributed by atoms with Crippen LogP contribution in [0.4, 0.5) is 0 Å². The van der Waals surface area contributed by atoms with Gasteiger partial charge < -0.3 is 13.9 Å². The van der Waals surface area contributed by atoms with E-state index in [2.05, 4.69) is 21.1 Å². The van der Waals surface area contributed by atoms with Gasteiger partial charge in [-0.15, -0.1) is 0 Å². The highest BCUT2D eigenvalue weighted by atomic mass is 35.5. The van der Waals surface area contributed by atoms with Crippen LogP contribution in [-0.4, -0.2) is 33.8 Å². The lowest BCUT2D eigenvalue weighted by Crippen LogP contribution is -2.20. The summed E-state index contributed by atoms with van der Waals surface area (Å²) < 4.78 is 17.8. The van der Waals surface area contributed by atoms with Gasteiger partial charge in [0.25, 0.3) is 5.56 Å². The molecule has 0 bridgehead atoms. The second-order valence-corrected chi connectivity index (χ2v) is 7.58. The predicted octanol–water partition coefficient (Wildman–Crippen LogP) is 4.18. The number of H-pyrrole nitrogens is 1. The highest BCUT2D eigenvalue weighted by molar-refractivity contribution is 6.31. The molecule has 3 aromatic heterocycles. The lowest BCUT2D eigenvalue weighted by atomic mass is 10.1. The van der Waals surface area contributed by atoms with Gasteiger partial charge in [-0.25, -0.2) is 9.97 Å². The first-order valence-electron chi connectivity index (χ1n) is 9.82. The number of oxazole rings is 1. The molecule has 0 aliphatic heterocycles. The highest BCUT2D eigenvalue weighted by Gasteiger charge is 2.25. The Morgan fingerprint density at radius 3 is 2.67 bits per heavy atom. The first kappa shape index (κ1) is 20.8. The van der Waals surface area contributed by atoms with Crippen LogP contribution in [0.3, 0.4) is 0 Å². The van der Waals surface area contributed by atoms with Crippen molar-refractivity contribution in [1.29, 1.82) is 5.26 Å². The van der Waals surface area contributed by atoms with E-state index in [-0.39, 0.29) is 23.8 Å². The number of rotatable bonds is 5. The van der Waals surface area contributed by atoms with Crippen LogP contribution >= 0.6 is 11.6 Å². The number of ether oxygens (including phenoxy) is 2. The molecule has 1 N–H and O–H groups in total. The maximum atomic E-state index is 13.6. The topological polar surface area (TPSA) is 118 Å². The number of nitrogens with one attached hydrogen (secondary N) is 1. The van der Waals surface area contributed by atoms with Gasteiger partial charge in [0.05, 0.1) is 25.0 Å². The maximum absolute atomic E-state index is 13.6. The van der Waals surface area contributed by atoms with Crippen LogP contribution in [0.25, 0.3) is 39.3 Å². The Kier molecular flexibility index (Phi) is 5.09. The van der Waals surface area contributed by atoms with Crippen LogP contribution < -0.4 is 10.3 Å². The zero-order valence-electron chi connectivity index (χ0n) is 17.5. The number of benzene rings is 2. The summed E-state index contributed by atoms with van der Waals surface area (Å²) in [4.78, 5) is 22.8. The Morgan fingerprint density at radius 1 is 1.18 bits per heavy atom. The van der Waals surface area contributed by atoms with E-state index in [4.69, 9.17) is 25.5 Å². The Bertz CT molecular complexity index is 1610. The zero-order chi connectivity index (χ0) is 23.1. The summed E-state index contributed by atoms with van der Waals surface area (Å²) in [6, 6.07) is 14.6. The number of hydrogen-bond acceptors (Lipinski definition) is 7. The molecule has 0 radical (unpaired) electrons. The molecular weight excluding hydrogens is 446 g/mol. The van der Waals surface area contributed by atoms with E-state index >= 15 is 0 Å². The monoisotopic (exact) mass is 461 g/mol. The molecule has 3 heterocycles. The fraction of sp³-hybridized carbons (Fsp3) is 0.130. The number of nitrogens with zero attached hydrogens (tertiary/aromatic N) is 4. The van der Waals surface area contributed by atoms with E-state index in [0.717, 1.165) is 5.56 Å². The minimum Gasteiger partial charge on any atom is -0.494 e. The molecule has 0 fully saturated rings. The van der Waals surface area contributed by atoms with Gasteiger partial charge >= 0.3 is 0 Å². The zero-order valence-corrected chi connectivity index (χ0v) is 18.3. The fourth-order valence-corrected chi connectivity index (χ4v) is 3.96. The van der Waals surface area contributed by atoms with Crippen molar-refractivity contribution >= 4 is 28.3 Å². The van der Waals surface area contributed by atoms with E-state index in [1.54, 1.807) is 12.1 Å². The van der Waals surface area contributed by atoms with Crippen molar-refractivity contribution in [3.05, 3.63) is 69.2 Å². The van der Waals surface area contributed by atoms with Crippen LogP contribution in [0.15, 0.2) is 51.7 Å². The molecule has 0 aliphatic rings. The highest BCUT2D eigenvalue weighted by Crippen LogP contribution is 2.34. The third kappa shape index (κ3) is 3.33. The summed E-state index contributed by atoms with van der Waals surface area (Å²) in [5, 5.41) is 13.0. The van der Waals surface area contributed by atoms with Crippen molar-refractivity contribution in [2.24, 2.45) is 0 Å². The Hall–Kier alpha value is -4.13. The number of methoxy groups -OCH3 is 2. The largest absolute Gasteiger partial charge is 0.494 e. The average Bonchev–Trinajstić information content (AvgIpc) is 3.40. The van der Waals surface area contributed by atoms with E-state index in [1.165, 1.54) is 18.7 Å². The second kappa shape index (κ2) is 8.09. The molecule has 164 valence electrons. The number of fused-ring (bicyclic) bond motifs is 2. The maximum Gasteiger partial charge on any atom is 0.285 e. The van der Waals surface area contributed by atoms with Gasteiger partial charge in [0.15, 0.2) is 16.7 Å². The molecule has 2 aromatic carbocycles. The molecule has 0 unspecified atom stereocenters. The van der Waals surface area contributed by atoms with Crippen LogP contribution in [0, 0.1) is 11.3 Å². The van der Waals surface area contributed by atoms with E-state index < -0.39 is 5.56 Å². The molecule has 9 nitrogen and oxygen atoms in total. The van der Waals surface area contributed by atoms with E-state index in [1.807, 2.05) is 30.3 Å². The van der Waals surface area contributed by atoms with Crippen molar-refractivity contribution in [3.8, 4) is 34.4 Å². The molecule has 0 saturated heterocycles.